The Labute approximate surface area is 123 Å². The molecule has 0 saturated heterocycles. The second-order valence-corrected chi connectivity index (χ2v) is 4.94. The Morgan fingerprint density at radius 1 is 1.09 bits per heavy atom. The van der Waals surface area contributed by atoms with Gasteiger partial charge in [-0.05, 0) is 29.3 Å². The van der Waals surface area contributed by atoms with Gasteiger partial charge in [0.25, 0.3) is 5.56 Å². The Morgan fingerprint density at radius 3 is 2.55 bits per heavy atom. The molecule has 0 amide bonds. The van der Waals surface area contributed by atoms with Crippen molar-refractivity contribution in [2.75, 3.05) is 0 Å². The molecule has 0 spiro atoms. The molecule has 0 saturated carbocycles. The van der Waals surface area contributed by atoms with Gasteiger partial charge >= 0.3 is 6.18 Å². The molecule has 3 nitrogen and oxygen atoms in total. The zero-order chi connectivity index (χ0) is 15.9. The Hall–Kier alpha value is -2.63. The van der Waals surface area contributed by atoms with Crippen molar-refractivity contribution in [3.05, 3.63) is 64.7 Å². The first kappa shape index (κ1) is 14.3. The number of alkyl halides is 3. The van der Waals surface area contributed by atoms with Crippen LogP contribution in [-0.2, 0) is 13.2 Å². The van der Waals surface area contributed by atoms with Gasteiger partial charge in [0.05, 0.1) is 22.8 Å². The lowest BCUT2D eigenvalue weighted by molar-refractivity contribution is -0.137. The molecule has 0 atom stereocenters. The van der Waals surface area contributed by atoms with Gasteiger partial charge in [0.2, 0.25) is 0 Å². The number of hydrogen-bond acceptors (Lipinski definition) is 2. The highest BCUT2D eigenvalue weighted by Gasteiger charge is 2.33. The van der Waals surface area contributed by atoms with E-state index >= 15 is 0 Å². The molecule has 0 aliphatic heterocycles. The minimum atomic E-state index is -4.45. The Bertz CT molecular complexity index is 913. The van der Waals surface area contributed by atoms with Crippen LogP contribution in [0.25, 0.3) is 22.0 Å². The van der Waals surface area contributed by atoms with E-state index in [1.807, 2.05) is 0 Å². The van der Waals surface area contributed by atoms with Crippen LogP contribution in [0.1, 0.15) is 5.56 Å². The van der Waals surface area contributed by atoms with Crippen LogP contribution in [-0.4, -0.2) is 9.55 Å². The van der Waals surface area contributed by atoms with Crippen molar-refractivity contribution in [1.82, 2.24) is 9.55 Å². The fourth-order valence-electron chi connectivity index (χ4n) is 2.36. The number of benzene rings is 2. The van der Waals surface area contributed by atoms with Crippen molar-refractivity contribution in [2.24, 2.45) is 7.05 Å². The van der Waals surface area contributed by atoms with Crippen LogP contribution in [0.2, 0.25) is 0 Å². The van der Waals surface area contributed by atoms with Crippen molar-refractivity contribution in [1.29, 1.82) is 0 Å². The highest BCUT2D eigenvalue weighted by atomic mass is 19.4. The van der Waals surface area contributed by atoms with Gasteiger partial charge < -0.3 is 4.57 Å². The maximum absolute atomic E-state index is 13.1. The van der Waals surface area contributed by atoms with Crippen LogP contribution in [0, 0.1) is 0 Å². The summed E-state index contributed by atoms with van der Waals surface area (Å²) in [5.41, 5.74) is -0.184. The summed E-state index contributed by atoms with van der Waals surface area (Å²) in [6.07, 6.45) is -3.07. The largest absolute Gasteiger partial charge is 0.417 e. The van der Waals surface area contributed by atoms with E-state index in [4.69, 9.17) is 0 Å². The van der Waals surface area contributed by atoms with E-state index in [9.17, 15) is 18.0 Å². The molecule has 0 unspecified atom stereocenters. The first-order valence-corrected chi connectivity index (χ1v) is 6.50. The molecule has 1 heterocycles. The molecule has 112 valence electrons. The number of rotatable bonds is 1. The SMILES string of the molecule is Cn1cnc2ccc(-c3ccccc3C(F)(F)F)cc2c1=O. The quantitative estimate of drug-likeness (QED) is 0.688. The molecule has 0 fully saturated rings. The summed E-state index contributed by atoms with van der Waals surface area (Å²) in [4.78, 5) is 16.2. The molecule has 22 heavy (non-hydrogen) atoms. The van der Waals surface area contributed by atoms with E-state index in [1.165, 1.54) is 35.2 Å². The predicted molar refractivity (Wildman–Crippen MR) is 77.4 cm³/mol. The highest BCUT2D eigenvalue weighted by Crippen LogP contribution is 2.37. The molecule has 3 rings (SSSR count). The summed E-state index contributed by atoms with van der Waals surface area (Å²) < 4.78 is 40.6. The third-order valence-corrected chi connectivity index (χ3v) is 3.46. The summed E-state index contributed by atoms with van der Waals surface area (Å²) in [5, 5.41) is 0.291. The average molecular weight is 304 g/mol. The van der Waals surface area contributed by atoms with Gasteiger partial charge in [-0.3, -0.25) is 4.79 Å². The van der Waals surface area contributed by atoms with Crippen LogP contribution in [0.15, 0.2) is 53.6 Å². The van der Waals surface area contributed by atoms with E-state index in [0.717, 1.165) is 6.07 Å². The average Bonchev–Trinajstić information content (AvgIpc) is 2.50. The normalized spacial score (nSPS) is 11.8. The van der Waals surface area contributed by atoms with E-state index in [-0.39, 0.29) is 11.1 Å². The van der Waals surface area contributed by atoms with Gasteiger partial charge in [-0.25, -0.2) is 4.98 Å². The lowest BCUT2D eigenvalue weighted by atomic mass is 9.98. The number of halogens is 3. The van der Waals surface area contributed by atoms with Gasteiger partial charge in [-0.2, -0.15) is 13.2 Å². The number of hydrogen-bond donors (Lipinski definition) is 0. The molecular formula is C16H11F3N2O. The van der Waals surface area contributed by atoms with E-state index < -0.39 is 11.7 Å². The summed E-state index contributed by atoms with van der Waals surface area (Å²) in [7, 11) is 1.55. The van der Waals surface area contributed by atoms with Crippen LogP contribution >= 0.6 is 0 Å². The second kappa shape index (κ2) is 4.98. The summed E-state index contributed by atoms with van der Waals surface area (Å²) in [6, 6.07) is 9.85. The highest BCUT2D eigenvalue weighted by molar-refractivity contribution is 5.84. The summed E-state index contributed by atoms with van der Waals surface area (Å²) in [6.45, 7) is 0. The molecule has 6 heteroatoms. The lowest BCUT2D eigenvalue weighted by Gasteiger charge is -2.13. The molecule has 0 bridgehead atoms. The van der Waals surface area contributed by atoms with Gasteiger partial charge in [-0.15, -0.1) is 0 Å². The molecule has 0 aliphatic rings. The number of fused-ring (bicyclic) bond motifs is 1. The fraction of sp³-hybridized carbons (Fsp3) is 0.125. The third-order valence-electron chi connectivity index (χ3n) is 3.46. The first-order chi connectivity index (χ1) is 10.4. The molecule has 1 aromatic heterocycles. The van der Waals surface area contributed by atoms with E-state index in [0.29, 0.717) is 16.5 Å². The molecular weight excluding hydrogens is 293 g/mol. The smallest absolute Gasteiger partial charge is 0.302 e. The maximum atomic E-state index is 13.1. The van der Waals surface area contributed by atoms with E-state index in [2.05, 4.69) is 4.98 Å². The van der Waals surface area contributed by atoms with Crippen LogP contribution in [0.5, 0.6) is 0 Å². The molecule has 3 aromatic rings. The first-order valence-electron chi connectivity index (χ1n) is 6.50. The minimum absolute atomic E-state index is 0.0443. The number of aromatic nitrogens is 2. The number of nitrogens with zero attached hydrogens (tertiary/aromatic N) is 2. The second-order valence-electron chi connectivity index (χ2n) is 4.94. The zero-order valence-corrected chi connectivity index (χ0v) is 11.6. The topological polar surface area (TPSA) is 34.9 Å². The monoisotopic (exact) mass is 304 g/mol. The van der Waals surface area contributed by atoms with Gasteiger partial charge in [0.15, 0.2) is 0 Å². The van der Waals surface area contributed by atoms with Gasteiger partial charge in [0, 0.05) is 7.05 Å². The predicted octanol–water partition coefficient (Wildman–Crippen LogP) is 3.62. The van der Waals surface area contributed by atoms with Gasteiger partial charge in [0.1, 0.15) is 0 Å². The molecule has 0 N–H and O–H groups in total. The van der Waals surface area contributed by atoms with Crippen molar-refractivity contribution in [2.45, 2.75) is 6.18 Å². The van der Waals surface area contributed by atoms with Crippen molar-refractivity contribution in [3.8, 4) is 11.1 Å². The number of aryl methyl sites for hydroxylation is 1. The standard InChI is InChI=1S/C16H11F3N2O/c1-21-9-20-14-7-6-10(8-12(14)15(21)22)11-4-2-3-5-13(11)16(17,18)19/h2-9H,1H3. The lowest BCUT2D eigenvalue weighted by Crippen LogP contribution is -2.16. The van der Waals surface area contributed by atoms with Crippen LogP contribution < -0.4 is 5.56 Å². The fourth-order valence-corrected chi connectivity index (χ4v) is 2.36. The van der Waals surface area contributed by atoms with Crippen LogP contribution in [0.3, 0.4) is 0 Å². The Balaban J connectivity index is 2.28. The van der Waals surface area contributed by atoms with E-state index in [1.54, 1.807) is 19.2 Å². The van der Waals surface area contributed by atoms with Crippen molar-refractivity contribution < 1.29 is 13.2 Å². The minimum Gasteiger partial charge on any atom is -0.302 e. The van der Waals surface area contributed by atoms with Crippen LogP contribution in [0.4, 0.5) is 13.2 Å². The molecule has 0 aliphatic carbocycles. The maximum Gasteiger partial charge on any atom is 0.417 e. The Kier molecular flexibility index (Phi) is 3.24. The molecule has 0 radical (unpaired) electrons. The Morgan fingerprint density at radius 2 is 1.82 bits per heavy atom. The third kappa shape index (κ3) is 2.36. The van der Waals surface area contributed by atoms with Crippen molar-refractivity contribution in [3.63, 3.8) is 0 Å². The summed E-state index contributed by atoms with van der Waals surface area (Å²) >= 11 is 0. The zero-order valence-electron chi connectivity index (χ0n) is 11.6. The molecule has 2 aromatic carbocycles. The summed E-state index contributed by atoms with van der Waals surface area (Å²) in [5.74, 6) is 0. The van der Waals surface area contributed by atoms with Crippen molar-refractivity contribution >= 4 is 10.9 Å². The van der Waals surface area contributed by atoms with Gasteiger partial charge in [-0.1, -0.05) is 24.3 Å².